The molecular formula is C6H12N2O6. The van der Waals surface area contributed by atoms with Gasteiger partial charge in [0.25, 0.3) is 0 Å². The highest BCUT2D eigenvalue weighted by Crippen LogP contribution is 2.02. The van der Waals surface area contributed by atoms with Crippen LogP contribution in [0.1, 0.15) is 13.8 Å². The molecule has 0 amide bonds. The van der Waals surface area contributed by atoms with Gasteiger partial charge in [0.05, 0.1) is 0 Å². The van der Waals surface area contributed by atoms with Crippen LogP contribution in [-0.4, -0.2) is 39.7 Å². The summed E-state index contributed by atoms with van der Waals surface area (Å²) in [4.78, 5) is 29.1. The summed E-state index contributed by atoms with van der Waals surface area (Å²) in [6.07, 6.45) is -2.55. The molecule has 0 saturated heterocycles. The van der Waals surface area contributed by atoms with Gasteiger partial charge in [-0.05, 0) is 13.8 Å². The molecule has 0 rings (SSSR count). The molecule has 2 atom stereocenters. The molecule has 0 heterocycles. The van der Waals surface area contributed by atoms with Crippen LogP contribution < -0.4 is 5.90 Å². The van der Waals surface area contributed by atoms with Gasteiger partial charge in [0, 0.05) is 0 Å². The van der Waals surface area contributed by atoms with Crippen molar-refractivity contribution in [1.29, 1.82) is 0 Å². The van der Waals surface area contributed by atoms with E-state index in [9.17, 15) is 9.59 Å². The third-order valence-corrected chi connectivity index (χ3v) is 1.20. The van der Waals surface area contributed by atoms with Crippen molar-refractivity contribution in [3.8, 4) is 0 Å². The number of aliphatic hydroxyl groups excluding tert-OH is 2. The largest absolute Gasteiger partial charge is 0.438 e. The topological polar surface area (TPSA) is 122 Å². The molecule has 0 fully saturated rings. The van der Waals surface area contributed by atoms with E-state index in [1.807, 2.05) is 0 Å². The van der Waals surface area contributed by atoms with Gasteiger partial charge >= 0.3 is 11.9 Å². The minimum atomic E-state index is -1.44. The first kappa shape index (κ1) is 12.8. The molecule has 0 aliphatic rings. The molecule has 4 N–H and O–H groups in total. The van der Waals surface area contributed by atoms with Crippen LogP contribution in [0.2, 0.25) is 0 Å². The second-order valence-corrected chi connectivity index (χ2v) is 2.41. The maximum absolute atomic E-state index is 10.8. The zero-order valence-electron chi connectivity index (χ0n) is 7.71. The molecule has 0 radical (unpaired) electrons. The SMILES string of the molecule is CC(O)N(OC(=O)C(=O)ON)C(C)O. The molecule has 0 aromatic rings. The Bertz CT molecular complexity index is 208. The monoisotopic (exact) mass is 208 g/mol. The Labute approximate surface area is 79.7 Å². The van der Waals surface area contributed by atoms with Gasteiger partial charge in [-0.25, -0.2) is 9.59 Å². The van der Waals surface area contributed by atoms with Crippen molar-refractivity contribution in [2.75, 3.05) is 0 Å². The molecule has 2 unspecified atom stereocenters. The Hall–Kier alpha value is -1.22. The summed E-state index contributed by atoms with van der Waals surface area (Å²) in [5, 5.41) is 18.5. The second-order valence-electron chi connectivity index (χ2n) is 2.41. The van der Waals surface area contributed by atoms with Crippen LogP contribution in [0, 0.1) is 0 Å². The Morgan fingerprint density at radius 3 is 1.93 bits per heavy atom. The zero-order valence-corrected chi connectivity index (χ0v) is 7.71. The fraction of sp³-hybridized carbons (Fsp3) is 0.667. The first-order valence-electron chi connectivity index (χ1n) is 3.67. The predicted octanol–water partition coefficient (Wildman–Crippen LogP) is -2.16. The Morgan fingerprint density at radius 2 is 1.64 bits per heavy atom. The first-order valence-corrected chi connectivity index (χ1v) is 3.67. The minimum absolute atomic E-state index is 0.499. The molecule has 8 nitrogen and oxygen atoms in total. The van der Waals surface area contributed by atoms with E-state index in [1.165, 1.54) is 13.8 Å². The van der Waals surface area contributed by atoms with Crippen LogP contribution in [0.15, 0.2) is 0 Å². The lowest BCUT2D eigenvalue weighted by atomic mass is 10.5. The number of hydrogen-bond donors (Lipinski definition) is 3. The van der Waals surface area contributed by atoms with Gasteiger partial charge in [0.1, 0.15) is 12.5 Å². The Kier molecular flexibility index (Phi) is 5.02. The van der Waals surface area contributed by atoms with Crippen LogP contribution >= 0.6 is 0 Å². The highest BCUT2D eigenvalue weighted by Gasteiger charge is 2.26. The maximum atomic E-state index is 10.8. The molecule has 0 aromatic heterocycles. The van der Waals surface area contributed by atoms with E-state index in [0.717, 1.165) is 0 Å². The van der Waals surface area contributed by atoms with Gasteiger partial charge in [0.2, 0.25) is 0 Å². The molecule has 8 heteroatoms. The predicted molar refractivity (Wildman–Crippen MR) is 41.6 cm³/mol. The normalized spacial score (nSPS) is 14.7. The summed E-state index contributed by atoms with van der Waals surface area (Å²) < 4.78 is 0. The number of rotatable bonds is 3. The van der Waals surface area contributed by atoms with E-state index in [2.05, 4.69) is 15.6 Å². The quantitative estimate of drug-likeness (QED) is 0.272. The Balaban J connectivity index is 4.31. The molecule has 0 saturated carbocycles. The second kappa shape index (κ2) is 5.50. The van der Waals surface area contributed by atoms with Crippen molar-refractivity contribution in [2.45, 2.75) is 26.3 Å². The van der Waals surface area contributed by atoms with Gasteiger partial charge < -0.3 is 19.9 Å². The fourth-order valence-electron chi connectivity index (χ4n) is 0.646. The van der Waals surface area contributed by atoms with Crippen molar-refractivity contribution in [1.82, 2.24) is 5.06 Å². The molecule has 0 aromatic carbocycles. The number of nitrogens with zero attached hydrogens (tertiary/aromatic N) is 1. The minimum Gasteiger partial charge on any atom is -0.375 e. The molecule has 14 heavy (non-hydrogen) atoms. The van der Waals surface area contributed by atoms with Crippen molar-refractivity contribution in [3.63, 3.8) is 0 Å². The van der Waals surface area contributed by atoms with Gasteiger partial charge in [-0.15, -0.1) is 0 Å². The Morgan fingerprint density at radius 1 is 1.21 bits per heavy atom. The molecule has 0 bridgehead atoms. The number of hydroxylamine groups is 2. The van der Waals surface area contributed by atoms with Gasteiger partial charge in [-0.1, -0.05) is 5.06 Å². The van der Waals surface area contributed by atoms with Gasteiger partial charge in [-0.3, -0.25) is 0 Å². The summed E-state index contributed by atoms with van der Waals surface area (Å²) in [5.41, 5.74) is 0. The number of carbonyl (C=O) groups excluding carboxylic acids is 2. The average molecular weight is 208 g/mol. The molecular weight excluding hydrogens is 196 g/mol. The maximum Gasteiger partial charge on any atom is 0.438 e. The highest BCUT2D eigenvalue weighted by molar-refractivity contribution is 6.29. The van der Waals surface area contributed by atoms with E-state index in [-0.39, 0.29) is 0 Å². The summed E-state index contributed by atoms with van der Waals surface area (Å²) in [5.74, 6) is 1.54. The fourth-order valence-corrected chi connectivity index (χ4v) is 0.646. The lowest BCUT2D eigenvalue weighted by molar-refractivity contribution is -0.276. The number of carbonyl (C=O) groups is 2. The molecule has 0 aliphatic heterocycles. The van der Waals surface area contributed by atoms with E-state index < -0.39 is 24.4 Å². The zero-order chi connectivity index (χ0) is 11.3. The van der Waals surface area contributed by atoms with Crippen LogP contribution in [0.3, 0.4) is 0 Å². The number of hydrogen-bond acceptors (Lipinski definition) is 8. The third kappa shape index (κ3) is 3.66. The van der Waals surface area contributed by atoms with Crippen LogP contribution in [0.25, 0.3) is 0 Å². The number of aliphatic hydroxyl groups is 2. The summed E-state index contributed by atoms with van der Waals surface area (Å²) >= 11 is 0. The van der Waals surface area contributed by atoms with E-state index >= 15 is 0 Å². The lowest BCUT2D eigenvalue weighted by Gasteiger charge is -2.25. The summed E-state index contributed by atoms with van der Waals surface area (Å²) in [6.45, 7) is 2.46. The average Bonchev–Trinajstić information content (AvgIpc) is 2.11. The molecule has 82 valence electrons. The first-order chi connectivity index (χ1) is 6.40. The lowest BCUT2D eigenvalue weighted by Crippen LogP contribution is -2.43. The summed E-state index contributed by atoms with van der Waals surface area (Å²) in [7, 11) is 0. The molecule has 0 spiro atoms. The number of nitrogens with two attached hydrogens (primary N) is 1. The smallest absolute Gasteiger partial charge is 0.375 e. The summed E-state index contributed by atoms with van der Waals surface area (Å²) in [6, 6.07) is 0. The van der Waals surface area contributed by atoms with Crippen molar-refractivity contribution >= 4 is 11.9 Å². The highest BCUT2D eigenvalue weighted by atomic mass is 16.8. The van der Waals surface area contributed by atoms with Crippen molar-refractivity contribution in [3.05, 3.63) is 0 Å². The van der Waals surface area contributed by atoms with Crippen LogP contribution in [0.5, 0.6) is 0 Å². The van der Waals surface area contributed by atoms with Crippen LogP contribution in [-0.2, 0) is 19.3 Å². The van der Waals surface area contributed by atoms with Crippen molar-refractivity contribution in [2.24, 2.45) is 5.90 Å². The van der Waals surface area contributed by atoms with Crippen molar-refractivity contribution < 1.29 is 29.5 Å². The molecule has 0 aliphatic carbocycles. The third-order valence-electron chi connectivity index (χ3n) is 1.20. The van der Waals surface area contributed by atoms with E-state index in [4.69, 9.17) is 10.2 Å². The van der Waals surface area contributed by atoms with Gasteiger partial charge in [-0.2, -0.15) is 5.90 Å². The van der Waals surface area contributed by atoms with E-state index in [0.29, 0.717) is 5.06 Å². The van der Waals surface area contributed by atoms with Crippen LogP contribution in [0.4, 0.5) is 0 Å². The van der Waals surface area contributed by atoms with Gasteiger partial charge in [0.15, 0.2) is 0 Å². The van der Waals surface area contributed by atoms with E-state index in [1.54, 1.807) is 0 Å². The standard InChI is InChI=1S/C6H12N2O6/c1-3(9)8(4(2)10)14-6(12)5(11)13-7/h3-4,9-10H,7H2,1-2H3.